The van der Waals surface area contributed by atoms with Crippen LogP contribution in [0.2, 0.25) is 0 Å². The Balaban J connectivity index is 2.30. The minimum Gasteiger partial charge on any atom is -0.466 e. The first-order chi connectivity index (χ1) is 10.1. The normalized spacial score (nSPS) is 12.6. The molecule has 0 saturated carbocycles. The molecule has 0 aliphatic rings. The van der Waals surface area contributed by atoms with Crippen molar-refractivity contribution >= 4 is 15.9 Å². The summed E-state index contributed by atoms with van der Waals surface area (Å²) in [7, 11) is 0. The summed E-state index contributed by atoms with van der Waals surface area (Å²) in [5.41, 5.74) is 0.803. The van der Waals surface area contributed by atoms with E-state index >= 15 is 0 Å². The zero-order valence-electron chi connectivity index (χ0n) is 11.5. The van der Waals surface area contributed by atoms with Crippen molar-refractivity contribution in [2.24, 2.45) is 0 Å². The number of rotatable bonds is 7. The molecule has 0 fully saturated rings. The zero-order valence-corrected chi connectivity index (χ0v) is 13.1. The molecule has 0 radical (unpaired) electrons. The summed E-state index contributed by atoms with van der Waals surface area (Å²) in [6.45, 7) is -0.00683. The number of hydrogen-bond donors (Lipinski definition) is 1. The fourth-order valence-corrected chi connectivity index (χ4v) is 2.46. The van der Waals surface area contributed by atoms with Gasteiger partial charge in [-0.15, -0.1) is 0 Å². The van der Waals surface area contributed by atoms with E-state index in [0.717, 1.165) is 23.0 Å². The highest BCUT2D eigenvalue weighted by molar-refractivity contribution is 9.10. The third kappa shape index (κ3) is 4.28. The van der Waals surface area contributed by atoms with Crippen molar-refractivity contribution in [2.75, 3.05) is 6.54 Å². The lowest BCUT2D eigenvalue weighted by Gasteiger charge is -2.18. The Morgan fingerprint density at radius 2 is 2.14 bits per heavy atom. The fraction of sp³-hybridized carbons (Fsp3) is 0.333. The molecule has 1 aromatic carbocycles. The Bertz CT molecular complexity index is 574. The average Bonchev–Trinajstić information content (AvgIpc) is 2.85. The zero-order chi connectivity index (χ0) is 15.2. The summed E-state index contributed by atoms with van der Waals surface area (Å²) in [6, 6.07) is 8.20. The van der Waals surface area contributed by atoms with Crippen LogP contribution in [0.25, 0.3) is 0 Å². The molecule has 114 valence electrons. The summed E-state index contributed by atoms with van der Waals surface area (Å²) < 4.78 is 35.4. The number of ether oxygens (including phenoxy) is 1. The lowest BCUT2D eigenvalue weighted by Crippen LogP contribution is -2.23. The Labute approximate surface area is 130 Å². The van der Waals surface area contributed by atoms with Crippen molar-refractivity contribution in [3.8, 4) is 5.75 Å². The molecule has 1 atom stereocenters. The van der Waals surface area contributed by atoms with E-state index in [1.54, 1.807) is 24.5 Å². The van der Waals surface area contributed by atoms with Crippen LogP contribution >= 0.6 is 15.9 Å². The predicted octanol–water partition coefficient (Wildman–Crippen LogP) is 4.73. The molecule has 0 bridgehead atoms. The molecule has 2 rings (SSSR count). The van der Waals surface area contributed by atoms with E-state index in [2.05, 4.69) is 32.9 Å². The molecule has 6 heteroatoms. The van der Waals surface area contributed by atoms with Crippen LogP contribution in [0, 0.1) is 0 Å². The molecule has 2 aromatic rings. The van der Waals surface area contributed by atoms with Crippen LogP contribution in [-0.2, 0) is 0 Å². The maximum atomic E-state index is 12.3. The molecular formula is C15H16BrF2NO2. The molecule has 1 N–H and O–H groups in total. The number of nitrogens with one attached hydrogen (secondary N) is 1. The highest BCUT2D eigenvalue weighted by atomic mass is 79.9. The van der Waals surface area contributed by atoms with Crippen LogP contribution in [0.15, 0.2) is 45.5 Å². The van der Waals surface area contributed by atoms with E-state index in [4.69, 9.17) is 4.42 Å². The van der Waals surface area contributed by atoms with Gasteiger partial charge in [0.2, 0.25) is 0 Å². The average molecular weight is 360 g/mol. The largest absolute Gasteiger partial charge is 0.466 e. The highest BCUT2D eigenvalue weighted by Crippen LogP contribution is 2.31. The smallest absolute Gasteiger partial charge is 0.387 e. The summed E-state index contributed by atoms with van der Waals surface area (Å²) >= 11 is 3.43. The van der Waals surface area contributed by atoms with E-state index in [9.17, 15) is 8.78 Å². The van der Waals surface area contributed by atoms with Crippen molar-refractivity contribution < 1.29 is 17.9 Å². The SMILES string of the molecule is CCCNC(c1cccc(OC(F)F)c1)c1occc1Br. The van der Waals surface area contributed by atoms with E-state index in [0.29, 0.717) is 5.76 Å². The lowest BCUT2D eigenvalue weighted by molar-refractivity contribution is -0.0498. The third-order valence-electron chi connectivity index (χ3n) is 2.92. The summed E-state index contributed by atoms with van der Waals surface area (Å²) in [5, 5.41) is 3.34. The molecule has 21 heavy (non-hydrogen) atoms. The summed E-state index contributed by atoms with van der Waals surface area (Å²) in [4.78, 5) is 0. The second-order valence-corrected chi connectivity index (χ2v) is 5.33. The maximum Gasteiger partial charge on any atom is 0.387 e. The molecule has 0 aliphatic heterocycles. The molecule has 0 amide bonds. The maximum absolute atomic E-state index is 12.3. The van der Waals surface area contributed by atoms with Crippen molar-refractivity contribution in [1.82, 2.24) is 5.32 Å². The molecule has 1 aromatic heterocycles. The van der Waals surface area contributed by atoms with Crippen molar-refractivity contribution in [3.63, 3.8) is 0 Å². The third-order valence-corrected chi connectivity index (χ3v) is 3.58. The number of halogens is 3. The quantitative estimate of drug-likeness (QED) is 0.775. The molecular weight excluding hydrogens is 344 g/mol. The number of alkyl halides is 2. The second-order valence-electron chi connectivity index (χ2n) is 4.47. The Hall–Kier alpha value is -1.40. The van der Waals surface area contributed by atoms with Gasteiger partial charge < -0.3 is 14.5 Å². The number of benzene rings is 1. The minimum atomic E-state index is -2.84. The molecule has 1 unspecified atom stereocenters. The molecule has 3 nitrogen and oxygen atoms in total. The number of furan rings is 1. The van der Waals surface area contributed by atoms with Crippen LogP contribution in [0.3, 0.4) is 0 Å². The van der Waals surface area contributed by atoms with Crippen molar-refractivity contribution in [2.45, 2.75) is 26.0 Å². The molecule has 0 spiro atoms. The van der Waals surface area contributed by atoms with E-state index in [1.807, 2.05) is 6.07 Å². The minimum absolute atomic E-state index is 0.133. The Morgan fingerprint density at radius 1 is 1.33 bits per heavy atom. The monoisotopic (exact) mass is 359 g/mol. The van der Waals surface area contributed by atoms with E-state index in [-0.39, 0.29) is 11.8 Å². The van der Waals surface area contributed by atoms with Crippen LogP contribution in [0.5, 0.6) is 5.75 Å². The first kappa shape index (κ1) is 16.0. The first-order valence-corrected chi connectivity index (χ1v) is 7.42. The van der Waals surface area contributed by atoms with Gasteiger partial charge in [-0.1, -0.05) is 19.1 Å². The van der Waals surface area contributed by atoms with Gasteiger partial charge in [0.15, 0.2) is 0 Å². The Kier molecular flexibility index (Phi) is 5.76. The first-order valence-electron chi connectivity index (χ1n) is 6.63. The van der Waals surface area contributed by atoms with Crippen LogP contribution in [0.4, 0.5) is 8.78 Å². The van der Waals surface area contributed by atoms with Gasteiger partial charge in [-0.2, -0.15) is 8.78 Å². The second kappa shape index (κ2) is 7.56. The number of hydrogen-bond acceptors (Lipinski definition) is 3. The lowest BCUT2D eigenvalue weighted by atomic mass is 10.0. The van der Waals surface area contributed by atoms with Gasteiger partial charge in [0, 0.05) is 0 Å². The van der Waals surface area contributed by atoms with Crippen molar-refractivity contribution in [3.05, 3.63) is 52.4 Å². The van der Waals surface area contributed by atoms with Gasteiger partial charge in [0.25, 0.3) is 0 Å². The standard InChI is InChI=1S/C15H16BrF2NO2/c1-2-7-19-13(14-12(16)6-8-20-14)10-4-3-5-11(9-10)21-15(17)18/h3-6,8-9,13,15,19H,2,7H2,1H3. The van der Waals surface area contributed by atoms with Gasteiger partial charge in [-0.05, 0) is 52.7 Å². The van der Waals surface area contributed by atoms with Gasteiger partial charge in [-0.3, -0.25) is 0 Å². The Morgan fingerprint density at radius 3 is 2.76 bits per heavy atom. The summed E-state index contributed by atoms with van der Waals surface area (Å²) in [6.07, 6.45) is 2.53. The van der Waals surface area contributed by atoms with E-state index in [1.165, 1.54) is 6.07 Å². The van der Waals surface area contributed by atoms with Gasteiger partial charge in [0.1, 0.15) is 11.5 Å². The van der Waals surface area contributed by atoms with Gasteiger partial charge in [-0.25, -0.2) is 0 Å². The van der Waals surface area contributed by atoms with Crippen LogP contribution in [-0.4, -0.2) is 13.2 Å². The molecule has 0 saturated heterocycles. The van der Waals surface area contributed by atoms with Gasteiger partial charge >= 0.3 is 6.61 Å². The van der Waals surface area contributed by atoms with Crippen LogP contribution < -0.4 is 10.1 Å². The van der Waals surface area contributed by atoms with Crippen molar-refractivity contribution in [1.29, 1.82) is 0 Å². The molecule has 0 aliphatic carbocycles. The summed E-state index contributed by atoms with van der Waals surface area (Å²) in [5.74, 6) is 0.839. The predicted molar refractivity (Wildman–Crippen MR) is 79.6 cm³/mol. The van der Waals surface area contributed by atoms with Crippen LogP contribution in [0.1, 0.15) is 30.7 Å². The fourth-order valence-electron chi connectivity index (χ4n) is 2.03. The highest BCUT2D eigenvalue weighted by Gasteiger charge is 2.20. The molecule has 1 heterocycles. The van der Waals surface area contributed by atoms with E-state index < -0.39 is 6.61 Å². The van der Waals surface area contributed by atoms with Gasteiger partial charge in [0.05, 0.1) is 16.8 Å². The topological polar surface area (TPSA) is 34.4 Å².